The highest BCUT2D eigenvalue weighted by molar-refractivity contribution is 5.04. The topological polar surface area (TPSA) is 0 Å². The zero-order valence-corrected chi connectivity index (χ0v) is 10.1. The van der Waals surface area contributed by atoms with Crippen molar-refractivity contribution in [1.82, 2.24) is 0 Å². The van der Waals surface area contributed by atoms with Crippen LogP contribution in [-0.4, -0.2) is 0 Å². The lowest BCUT2D eigenvalue weighted by atomic mass is 9.95. The van der Waals surface area contributed by atoms with E-state index in [2.05, 4.69) is 53.3 Å². The average Bonchev–Trinajstić information content (AvgIpc) is 1.95. The highest BCUT2D eigenvalue weighted by atomic mass is 14.1. The Morgan fingerprint density at radius 3 is 2.15 bits per heavy atom. The maximum atomic E-state index is 3.43. The number of hydrogen-bond acceptors (Lipinski definition) is 0. The van der Waals surface area contributed by atoms with Crippen LogP contribution < -0.4 is 0 Å². The second-order valence-corrected chi connectivity index (χ2v) is 5.21. The molecule has 0 saturated heterocycles. The molecule has 0 spiro atoms. The summed E-state index contributed by atoms with van der Waals surface area (Å²) in [6.45, 7) is 13.4. The summed E-state index contributed by atoms with van der Waals surface area (Å²) >= 11 is 0. The first-order chi connectivity index (χ1) is 5.85. The molecular formula is C13H24. The molecule has 0 heterocycles. The van der Waals surface area contributed by atoms with Gasteiger partial charge in [-0.1, -0.05) is 41.5 Å². The fourth-order valence-corrected chi connectivity index (χ4v) is 1.12. The van der Waals surface area contributed by atoms with Crippen molar-refractivity contribution >= 4 is 0 Å². The van der Waals surface area contributed by atoms with Gasteiger partial charge in [0.05, 0.1) is 0 Å². The van der Waals surface area contributed by atoms with Crippen molar-refractivity contribution in [3.8, 4) is 0 Å². The molecule has 0 unspecified atom stereocenters. The fraction of sp³-hybridized carbons (Fsp3) is 0.769. The highest BCUT2D eigenvalue weighted by Crippen LogP contribution is 2.17. The van der Waals surface area contributed by atoms with Gasteiger partial charge in [-0.05, 0) is 35.8 Å². The minimum atomic E-state index is 0.261. The molecule has 13 heavy (non-hydrogen) atoms. The van der Waals surface area contributed by atoms with E-state index in [1.807, 2.05) is 0 Å². The lowest BCUT2D eigenvalue weighted by molar-refractivity contribution is 0.543. The van der Waals surface area contributed by atoms with E-state index in [4.69, 9.17) is 0 Å². The third-order valence-electron chi connectivity index (χ3n) is 1.79. The van der Waals surface area contributed by atoms with Gasteiger partial charge in [0.15, 0.2) is 0 Å². The van der Waals surface area contributed by atoms with Crippen LogP contribution >= 0.6 is 0 Å². The summed E-state index contributed by atoms with van der Waals surface area (Å²) in [6, 6.07) is 0. The van der Waals surface area contributed by atoms with E-state index >= 15 is 0 Å². The molecular weight excluding hydrogens is 156 g/mol. The minimum Gasteiger partial charge on any atom is -0.126 e. The van der Waals surface area contributed by atoms with Crippen molar-refractivity contribution in [3.63, 3.8) is 0 Å². The van der Waals surface area contributed by atoms with E-state index in [9.17, 15) is 0 Å². The van der Waals surface area contributed by atoms with Crippen molar-refractivity contribution in [2.45, 2.75) is 54.4 Å². The number of allylic oxidation sites excluding steroid dienone is 1. The van der Waals surface area contributed by atoms with Crippen molar-refractivity contribution in [2.75, 3.05) is 0 Å². The van der Waals surface area contributed by atoms with Crippen molar-refractivity contribution < 1.29 is 0 Å². The van der Waals surface area contributed by atoms with E-state index in [1.54, 1.807) is 0 Å². The molecule has 0 saturated carbocycles. The maximum Gasteiger partial charge on any atom is -0.0127 e. The molecule has 0 radical (unpaired) electrons. The number of rotatable bonds is 3. The average molecular weight is 180 g/mol. The zero-order valence-electron chi connectivity index (χ0n) is 10.1. The summed E-state index contributed by atoms with van der Waals surface area (Å²) in [4.78, 5) is 0. The summed E-state index contributed by atoms with van der Waals surface area (Å²) in [5.74, 6) is 0.746. The Bertz CT molecular complexity index is 195. The van der Waals surface area contributed by atoms with Crippen LogP contribution in [0.15, 0.2) is 17.4 Å². The van der Waals surface area contributed by atoms with Gasteiger partial charge in [0.25, 0.3) is 0 Å². The normalized spacial score (nSPS) is 11.3. The maximum absolute atomic E-state index is 3.43. The Kier molecular flexibility index (Phi) is 5.10. The lowest BCUT2D eigenvalue weighted by Crippen LogP contribution is -1.98. The highest BCUT2D eigenvalue weighted by Gasteiger charge is 2.03. The molecule has 76 valence electrons. The van der Waals surface area contributed by atoms with Crippen LogP contribution in [0.5, 0.6) is 0 Å². The quantitative estimate of drug-likeness (QED) is 0.558. The van der Waals surface area contributed by atoms with E-state index < -0.39 is 0 Å². The van der Waals surface area contributed by atoms with Crippen LogP contribution in [0.3, 0.4) is 0 Å². The van der Waals surface area contributed by atoms with E-state index in [-0.39, 0.29) is 5.41 Å². The summed E-state index contributed by atoms with van der Waals surface area (Å²) in [5.41, 5.74) is 5.14. The van der Waals surface area contributed by atoms with Crippen molar-refractivity contribution in [1.29, 1.82) is 0 Å². The smallest absolute Gasteiger partial charge is 0.0127 e. The standard InChI is InChI=1S/C13H24/c1-7-12(10-11(2)3)8-9-13(4,5)6/h9,11H,7,10H2,1-6H3. The van der Waals surface area contributed by atoms with Crippen LogP contribution in [-0.2, 0) is 0 Å². The molecule has 0 aliphatic carbocycles. The molecule has 0 aliphatic rings. The summed E-state index contributed by atoms with van der Waals surface area (Å²) < 4.78 is 0. The molecule has 0 N–H and O–H groups in total. The number of hydrogen-bond donors (Lipinski definition) is 0. The molecule has 0 aromatic rings. The van der Waals surface area contributed by atoms with Gasteiger partial charge >= 0.3 is 0 Å². The first-order valence-electron chi connectivity index (χ1n) is 5.30. The van der Waals surface area contributed by atoms with Crippen LogP contribution in [0.1, 0.15) is 54.4 Å². The first-order valence-corrected chi connectivity index (χ1v) is 5.30. The van der Waals surface area contributed by atoms with Crippen LogP contribution in [0.25, 0.3) is 0 Å². The monoisotopic (exact) mass is 180 g/mol. The Morgan fingerprint density at radius 2 is 1.85 bits per heavy atom. The van der Waals surface area contributed by atoms with Gasteiger partial charge in [-0.3, -0.25) is 0 Å². The third-order valence-corrected chi connectivity index (χ3v) is 1.79. The molecule has 0 fully saturated rings. The third kappa shape index (κ3) is 7.87. The predicted octanol–water partition coefficient (Wildman–Crippen LogP) is 4.57. The minimum absolute atomic E-state index is 0.261. The Hall–Kier alpha value is -0.480. The fourth-order valence-electron chi connectivity index (χ4n) is 1.12. The summed E-state index contributed by atoms with van der Waals surface area (Å²) in [5, 5.41) is 0. The molecule has 0 nitrogen and oxygen atoms in total. The predicted molar refractivity (Wildman–Crippen MR) is 60.8 cm³/mol. The van der Waals surface area contributed by atoms with Gasteiger partial charge in [0.1, 0.15) is 0 Å². The summed E-state index contributed by atoms with van der Waals surface area (Å²) in [6.07, 6.45) is 4.50. The molecule has 0 bridgehead atoms. The van der Waals surface area contributed by atoms with Gasteiger partial charge < -0.3 is 0 Å². The lowest BCUT2D eigenvalue weighted by Gasteiger charge is -2.10. The van der Waals surface area contributed by atoms with Gasteiger partial charge in [0, 0.05) is 0 Å². The molecule has 0 amide bonds. The molecule has 0 aliphatic heterocycles. The second-order valence-electron chi connectivity index (χ2n) is 5.21. The molecule has 0 rings (SSSR count). The molecule has 0 heteroatoms. The van der Waals surface area contributed by atoms with Crippen molar-refractivity contribution in [2.24, 2.45) is 11.3 Å². The largest absolute Gasteiger partial charge is 0.126 e. The molecule has 0 aromatic heterocycles. The van der Waals surface area contributed by atoms with Gasteiger partial charge in [-0.25, -0.2) is 0 Å². The Labute approximate surface area is 83.7 Å². The molecule has 0 atom stereocenters. The SMILES string of the molecule is CCC(=C=CC(C)(C)C)CC(C)C. The molecule has 0 aromatic carbocycles. The zero-order chi connectivity index (χ0) is 10.5. The van der Waals surface area contributed by atoms with E-state index in [0.717, 1.165) is 12.3 Å². The van der Waals surface area contributed by atoms with Crippen molar-refractivity contribution in [3.05, 3.63) is 17.4 Å². The van der Waals surface area contributed by atoms with Gasteiger partial charge in [0.2, 0.25) is 0 Å². The van der Waals surface area contributed by atoms with Crippen LogP contribution in [0.2, 0.25) is 0 Å². The first kappa shape index (κ1) is 12.5. The Morgan fingerprint density at radius 1 is 1.31 bits per heavy atom. The van der Waals surface area contributed by atoms with E-state index in [1.165, 1.54) is 12.0 Å². The van der Waals surface area contributed by atoms with Gasteiger partial charge in [-0.2, -0.15) is 0 Å². The van der Waals surface area contributed by atoms with Crippen LogP contribution in [0.4, 0.5) is 0 Å². The van der Waals surface area contributed by atoms with Gasteiger partial charge in [-0.15, -0.1) is 5.73 Å². The second kappa shape index (κ2) is 5.29. The summed E-state index contributed by atoms with van der Waals surface area (Å²) in [7, 11) is 0. The van der Waals surface area contributed by atoms with E-state index in [0.29, 0.717) is 0 Å². The Balaban J connectivity index is 4.47. The van der Waals surface area contributed by atoms with Crippen LogP contribution in [0, 0.1) is 11.3 Å².